The first-order valence-corrected chi connectivity index (χ1v) is 13.3. The highest BCUT2D eigenvalue weighted by atomic mass is 31.2. The summed E-state index contributed by atoms with van der Waals surface area (Å²) < 4.78 is 32.9. The van der Waals surface area contributed by atoms with Crippen molar-refractivity contribution in [3.05, 3.63) is 40.0 Å². The Hall–Kier alpha value is -2.84. The third kappa shape index (κ3) is 9.66. The SMILES string of the molecule is COc1cc(/C=C/C(=O)NCCCC(O)(P(=O)(O)O)P(=O)(O)O)ccc1OC(=O)CCCO[N+](=O)[O-]. The van der Waals surface area contributed by atoms with Gasteiger partial charge in [0.2, 0.25) is 5.91 Å². The normalized spacial score (nSPS) is 12.3. The molecule has 36 heavy (non-hydrogen) atoms. The van der Waals surface area contributed by atoms with Crippen molar-refractivity contribution in [2.24, 2.45) is 0 Å². The molecule has 0 unspecified atom stereocenters. The van der Waals surface area contributed by atoms with Gasteiger partial charge in [0.1, 0.15) is 0 Å². The largest absolute Gasteiger partial charge is 0.493 e. The van der Waals surface area contributed by atoms with E-state index in [2.05, 4.69) is 10.2 Å². The van der Waals surface area contributed by atoms with E-state index in [1.807, 2.05) is 0 Å². The van der Waals surface area contributed by atoms with Gasteiger partial charge in [-0.2, -0.15) is 0 Å². The lowest BCUT2D eigenvalue weighted by atomic mass is 10.2. The van der Waals surface area contributed by atoms with Gasteiger partial charge in [-0.05, 0) is 36.6 Å². The Kier molecular flexibility index (Phi) is 11.7. The second-order valence-corrected chi connectivity index (χ2v) is 11.1. The Morgan fingerprint density at radius 2 is 1.78 bits per heavy atom. The number of ether oxygens (including phenoxy) is 2. The number of nitrogens with one attached hydrogen (secondary N) is 1. The molecule has 1 rings (SSSR count). The summed E-state index contributed by atoms with van der Waals surface area (Å²) in [6, 6.07) is 4.33. The topological polar surface area (TPSA) is 252 Å². The van der Waals surface area contributed by atoms with Gasteiger partial charge < -0.3 is 44.3 Å². The van der Waals surface area contributed by atoms with Crippen molar-refractivity contribution in [2.45, 2.75) is 30.8 Å². The zero-order chi connectivity index (χ0) is 27.6. The maximum atomic E-state index is 11.9. The molecule has 0 spiro atoms. The minimum absolute atomic E-state index is 0.0654. The van der Waals surface area contributed by atoms with Gasteiger partial charge in [-0.3, -0.25) is 18.7 Å². The number of carbonyl (C=O) groups excluding carboxylic acids is 2. The van der Waals surface area contributed by atoms with Gasteiger partial charge in [0.05, 0.1) is 13.7 Å². The van der Waals surface area contributed by atoms with Crippen LogP contribution in [-0.2, 0) is 23.6 Å². The van der Waals surface area contributed by atoms with Crippen LogP contribution in [0.1, 0.15) is 31.2 Å². The molecule has 0 radical (unpaired) electrons. The lowest BCUT2D eigenvalue weighted by Crippen LogP contribution is -2.31. The number of nitrogens with zero attached hydrogens (tertiary/aromatic N) is 1. The molecule has 0 aromatic heterocycles. The zero-order valence-electron chi connectivity index (χ0n) is 18.9. The second-order valence-electron chi connectivity index (χ2n) is 7.14. The van der Waals surface area contributed by atoms with Crippen LogP contribution in [0.2, 0.25) is 0 Å². The average Bonchev–Trinajstić information content (AvgIpc) is 2.77. The molecule has 0 aliphatic rings. The molecular formula is C18H26N2O14P2. The van der Waals surface area contributed by atoms with Crippen LogP contribution in [0.15, 0.2) is 24.3 Å². The molecule has 202 valence electrons. The number of hydrogen-bond donors (Lipinski definition) is 6. The van der Waals surface area contributed by atoms with E-state index < -0.39 is 43.7 Å². The van der Waals surface area contributed by atoms with Crippen LogP contribution in [0.4, 0.5) is 0 Å². The molecule has 1 aromatic carbocycles. The van der Waals surface area contributed by atoms with E-state index in [1.165, 1.54) is 31.4 Å². The Morgan fingerprint density at radius 3 is 2.33 bits per heavy atom. The molecule has 0 bridgehead atoms. The van der Waals surface area contributed by atoms with E-state index in [-0.39, 0.29) is 43.9 Å². The molecule has 16 nitrogen and oxygen atoms in total. The van der Waals surface area contributed by atoms with E-state index >= 15 is 0 Å². The first-order valence-electron chi connectivity index (χ1n) is 10.1. The number of aliphatic hydroxyl groups is 1. The molecule has 0 atom stereocenters. The second kappa shape index (κ2) is 13.5. The van der Waals surface area contributed by atoms with Crippen molar-refractivity contribution in [1.82, 2.24) is 5.32 Å². The van der Waals surface area contributed by atoms with Crippen molar-refractivity contribution in [3.63, 3.8) is 0 Å². The highest BCUT2D eigenvalue weighted by Crippen LogP contribution is 2.69. The smallest absolute Gasteiger partial charge is 0.369 e. The van der Waals surface area contributed by atoms with Crippen LogP contribution >= 0.6 is 15.2 Å². The monoisotopic (exact) mass is 556 g/mol. The van der Waals surface area contributed by atoms with Crippen molar-refractivity contribution in [2.75, 3.05) is 20.3 Å². The third-order valence-electron chi connectivity index (χ3n) is 4.48. The van der Waals surface area contributed by atoms with Crippen LogP contribution in [0.5, 0.6) is 11.5 Å². The fourth-order valence-electron chi connectivity index (χ4n) is 2.63. The first kappa shape index (κ1) is 31.2. The summed E-state index contributed by atoms with van der Waals surface area (Å²) in [6.45, 7) is -0.518. The number of benzene rings is 1. The van der Waals surface area contributed by atoms with E-state index in [1.54, 1.807) is 0 Å². The Balaban J connectivity index is 2.63. The summed E-state index contributed by atoms with van der Waals surface area (Å²) in [4.78, 5) is 74.3. The van der Waals surface area contributed by atoms with Crippen LogP contribution in [0.3, 0.4) is 0 Å². The summed E-state index contributed by atoms with van der Waals surface area (Å²) in [7, 11) is -9.82. The highest BCUT2D eigenvalue weighted by molar-refractivity contribution is 7.72. The van der Waals surface area contributed by atoms with E-state index in [0.29, 0.717) is 5.56 Å². The molecule has 0 aliphatic carbocycles. The molecule has 6 N–H and O–H groups in total. The average molecular weight is 556 g/mol. The lowest BCUT2D eigenvalue weighted by molar-refractivity contribution is -0.757. The summed E-state index contributed by atoms with van der Waals surface area (Å²) in [5.74, 6) is -1.10. The molecule has 1 aromatic rings. The van der Waals surface area contributed by atoms with Crippen LogP contribution in [0.25, 0.3) is 6.08 Å². The fourth-order valence-corrected chi connectivity index (χ4v) is 4.89. The van der Waals surface area contributed by atoms with Crippen molar-refractivity contribution in [1.29, 1.82) is 0 Å². The summed E-state index contributed by atoms with van der Waals surface area (Å²) >= 11 is 0. The van der Waals surface area contributed by atoms with Crippen molar-refractivity contribution >= 4 is 33.1 Å². The van der Waals surface area contributed by atoms with Gasteiger partial charge in [-0.1, -0.05) is 6.07 Å². The summed E-state index contributed by atoms with van der Waals surface area (Å²) in [5.41, 5.74) is 0.457. The molecule has 0 saturated heterocycles. The minimum Gasteiger partial charge on any atom is -0.493 e. The van der Waals surface area contributed by atoms with E-state index in [4.69, 9.17) is 29.0 Å². The zero-order valence-corrected chi connectivity index (χ0v) is 20.7. The molecule has 1 amide bonds. The van der Waals surface area contributed by atoms with Crippen LogP contribution in [0, 0.1) is 10.1 Å². The van der Waals surface area contributed by atoms with Gasteiger partial charge in [-0.15, -0.1) is 10.1 Å². The molecule has 0 saturated carbocycles. The standard InChI is InChI=1S/C18H26N2O14P2/c1-32-15-12-13(5-7-14(15)34-17(22)4-2-11-33-20(24)25)6-8-16(21)19-10-3-9-18(23,35(26,27)28)36(29,30)31/h5-8,12,23H,2-4,9-11H2,1H3,(H,19,21)(H2,26,27,28)(H2,29,30,31)/b8-6+. The van der Waals surface area contributed by atoms with E-state index in [9.17, 15) is 33.9 Å². The maximum Gasteiger partial charge on any atom is 0.369 e. The molecule has 0 aliphatic heterocycles. The van der Waals surface area contributed by atoms with Gasteiger partial charge >= 0.3 is 21.2 Å². The Morgan fingerprint density at radius 1 is 1.14 bits per heavy atom. The first-order chi connectivity index (χ1) is 16.6. The highest BCUT2D eigenvalue weighted by Gasteiger charge is 2.58. The van der Waals surface area contributed by atoms with Crippen molar-refractivity contribution < 1.29 is 62.8 Å². The predicted molar refractivity (Wildman–Crippen MR) is 121 cm³/mol. The quantitative estimate of drug-likeness (QED) is 0.0327. The van der Waals surface area contributed by atoms with Gasteiger partial charge in [0, 0.05) is 25.5 Å². The number of methoxy groups -OCH3 is 1. The van der Waals surface area contributed by atoms with Gasteiger partial charge in [0.25, 0.3) is 10.2 Å². The third-order valence-corrected chi connectivity index (χ3v) is 8.36. The Labute approximate surface area is 204 Å². The molecular weight excluding hydrogens is 530 g/mol. The van der Waals surface area contributed by atoms with Crippen LogP contribution in [-0.4, -0.2) is 67.0 Å². The van der Waals surface area contributed by atoms with Crippen LogP contribution < -0.4 is 14.8 Å². The molecule has 0 fully saturated rings. The summed E-state index contributed by atoms with van der Waals surface area (Å²) in [5, 5.41) is 17.7. The van der Waals surface area contributed by atoms with Crippen molar-refractivity contribution in [3.8, 4) is 11.5 Å². The number of carbonyl (C=O) groups is 2. The minimum atomic E-state index is -5.57. The Bertz CT molecular complexity index is 1040. The predicted octanol–water partition coefficient (Wildman–Crippen LogP) is 0.500. The number of amides is 1. The lowest BCUT2D eigenvalue weighted by Gasteiger charge is -2.29. The van der Waals surface area contributed by atoms with Gasteiger partial charge in [0.15, 0.2) is 11.5 Å². The molecule has 18 heteroatoms. The number of esters is 1. The summed E-state index contributed by atoms with van der Waals surface area (Å²) in [6.07, 6.45) is 1.06. The maximum absolute atomic E-state index is 11.9. The van der Waals surface area contributed by atoms with Gasteiger partial charge in [-0.25, -0.2) is 0 Å². The van der Waals surface area contributed by atoms with E-state index in [0.717, 1.165) is 6.08 Å². The molecule has 0 heterocycles. The number of hydrogen-bond acceptors (Lipinski definition) is 10. The fraction of sp³-hybridized carbons (Fsp3) is 0.444. The number of rotatable bonds is 15.